The minimum Gasteiger partial charge on any atom is -0.462 e. The van der Waals surface area contributed by atoms with Crippen LogP contribution in [0.1, 0.15) is 323 Å². The fraction of sp³-hybridized carbons (Fsp3) is 0.947. The van der Waals surface area contributed by atoms with E-state index in [0.29, 0.717) is 19.3 Å². The third-order valence-electron chi connectivity index (χ3n) is 13.0. The molecular formula is C57H110O6. The predicted molar refractivity (Wildman–Crippen MR) is 270 cm³/mol. The van der Waals surface area contributed by atoms with Gasteiger partial charge < -0.3 is 14.2 Å². The first-order chi connectivity index (χ1) is 30.9. The van der Waals surface area contributed by atoms with Crippen LogP contribution in [0, 0.1) is 5.92 Å². The summed E-state index contributed by atoms with van der Waals surface area (Å²) in [6.07, 6.45) is 55.2. The maximum Gasteiger partial charge on any atom is 0.306 e. The van der Waals surface area contributed by atoms with Crippen molar-refractivity contribution in [2.75, 3.05) is 13.2 Å². The Morgan fingerprint density at radius 2 is 0.524 bits per heavy atom. The molecule has 0 N–H and O–H groups in total. The van der Waals surface area contributed by atoms with Crippen LogP contribution in [0.5, 0.6) is 0 Å². The van der Waals surface area contributed by atoms with E-state index in [1.165, 1.54) is 218 Å². The Hall–Kier alpha value is -1.59. The number of unbranched alkanes of at least 4 members (excludes halogenated alkanes) is 39. The lowest BCUT2D eigenvalue weighted by Gasteiger charge is -2.18. The van der Waals surface area contributed by atoms with Crippen molar-refractivity contribution in [1.82, 2.24) is 0 Å². The molecule has 0 aliphatic heterocycles. The van der Waals surface area contributed by atoms with Gasteiger partial charge in [-0.15, -0.1) is 0 Å². The molecule has 0 aliphatic carbocycles. The summed E-state index contributed by atoms with van der Waals surface area (Å²) in [7, 11) is 0. The van der Waals surface area contributed by atoms with E-state index in [1.54, 1.807) is 0 Å². The molecule has 6 heteroatoms. The van der Waals surface area contributed by atoms with Gasteiger partial charge in [-0.2, -0.15) is 0 Å². The predicted octanol–water partition coefficient (Wildman–Crippen LogP) is 18.6. The van der Waals surface area contributed by atoms with E-state index < -0.39 is 6.10 Å². The first-order valence-corrected chi connectivity index (χ1v) is 28.4. The number of esters is 3. The number of hydrogen-bond acceptors (Lipinski definition) is 6. The maximum atomic E-state index is 12.8. The SMILES string of the molecule is CCCCCCCCCCCCCCCCCCC(=O)O[C@H](COC(=O)CCCCCCCCCCCCCCCCC)COC(=O)CCCCCCCCCCCCCC(C)C. The smallest absolute Gasteiger partial charge is 0.306 e. The van der Waals surface area contributed by atoms with Crippen molar-refractivity contribution >= 4 is 17.9 Å². The summed E-state index contributed by atoms with van der Waals surface area (Å²) < 4.78 is 16.9. The maximum absolute atomic E-state index is 12.8. The van der Waals surface area contributed by atoms with Crippen molar-refractivity contribution in [3.8, 4) is 0 Å². The first-order valence-electron chi connectivity index (χ1n) is 28.4. The Balaban J connectivity index is 4.30. The minimum absolute atomic E-state index is 0.0620. The molecular weight excluding hydrogens is 781 g/mol. The summed E-state index contributed by atoms with van der Waals surface area (Å²) in [4.78, 5) is 38.1. The van der Waals surface area contributed by atoms with Crippen LogP contribution in [0.4, 0.5) is 0 Å². The molecule has 0 fully saturated rings. The molecule has 0 spiro atoms. The van der Waals surface area contributed by atoms with Crippen LogP contribution in [0.3, 0.4) is 0 Å². The quantitative estimate of drug-likeness (QED) is 0.0344. The number of carbonyl (C=O) groups excluding carboxylic acids is 3. The fourth-order valence-electron chi connectivity index (χ4n) is 8.75. The van der Waals surface area contributed by atoms with Crippen LogP contribution in [0.25, 0.3) is 0 Å². The van der Waals surface area contributed by atoms with Crippen LogP contribution in [0.15, 0.2) is 0 Å². The molecule has 0 bridgehead atoms. The number of carbonyl (C=O) groups is 3. The van der Waals surface area contributed by atoms with Gasteiger partial charge in [0.2, 0.25) is 0 Å². The Kier molecular flexibility index (Phi) is 50.1. The summed E-state index contributed by atoms with van der Waals surface area (Å²) in [5.41, 5.74) is 0. The van der Waals surface area contributed by atoms with Crippen molar-refractivity contribution in [3.05, 3.63) is 0 Å². The molecule has 6 nitrogen and oxygen atoms in total. The largest absolute Gasteiger partial charge is 0.462 e. The zero-order valence-corrected chi connectivity index (χ0v) is 43.0. The van der Waals surface area contributed by atoms with E-state index in [2.05, 4.69) is 27.7 Å². The van der Waals surface area contributed by atoms with Crippen LogP contribution >= 0.6 is 0 Å². The summed E-state index contributed by atoms with van der Waals surface area (Å²) in [6.45, 7) is 9.05. The summed E-state index contributed by atoms with van der Waals surface area (Å²) in [6, 6.07) is 0. The molecule has 0 amide bonds. The summed E-state index contributed by atoms with van der Waals surface area (Å²) in [5, 5.41) is 0. The zero-order valence-electron chi connectivity index (χ0n) is 43.0. The van der Waals surface area contributed by atoms with E-state index in [-0.39, 0.29) is 31.1 Å². The zero-order chi connectivity index (χ0) is 45.9. The standard InChI is InChI=1S/C57H110O6/c1-5-7-9-11-13-15-17-19-21-23-25-29-34-38-42-46-50-57(60)63-54(52-62-56(59)49-45-41-37-33-30-26-27-31-35-39-43-47-53(3)4)51-61-55(58)48-44-40-36-32-28-24-22-20-18-16-14-12-10-8-6-2/h53-54H,5-52H2,1-4H3/t54-/m1/s1. The normalized spacial score (nSPS) is 12.0. The van der Waals surface area contributed by atoms with Crippen molar-refractivity contribution in [3.63, 3.8) is 0 Å². The van der Waals surface area contributed by atoms with Gasteiger partial charge in [0.15, 0.2) is 6.10 Å². The van der Waals surface area contributed by atoms with Gasteiger partial charge in [-0.25, -0.2) is 0 Å². The van der Waals surface area contributed by atoms with E-state index in [4.69, 9.17) is 14.2 Å². The highest BCUT2D eigenvalue weighted by atomic mass is 16.6. The van der Waals surface area contributed by atoms with Gasteiger partial charge in [0.25, 0.3) is 0 Å². The Bertz CT molecular complexity index is 949. The van der Waals surface area contributed by atoms with E-state index >= 15 is 0 Å². The number of hydrogen-bond donors (Lipinski definition) is 0. The molecule has 0 aromatic rings. The number of rotatable bonds is 52. The van der Waals surface area contributed by atoms with Crippen LogP contribution in [0.2, 0.25) is 0 Å². The second kappa shape index (κ2) is 51.4. The third kappa shape index (κ3) is 51.3. The minimum atomic E-state index is -0.761. The molecule has 374 valence electrons. The van der Waals surface area contributed by atoms with E-state index in [1.807, 2.05) is 0 Å². The molecule has 0 radical (unpaired) electrons. The van der Waals surface area contributed by atoms with Crippen LogP contribution < -0.4 is 0 Å². The molecule has 0 rings (SSSR count). The summed E-state index contributed by atoms with van der Waals surface area (Å²) >= 11 is 0. The lowest BCUT2D eigenvalue weighted by atomic mass is 10.0. The van der Waals surface area contributed by atoms with Gasteiger partial charge in [0, 0.05) is 19.3 Å². The van der Waals surface area contributed by atoms with Gasteiger partial charge >= 0.3 is 17.9 Å². The van der Waals surface area contributed by atoms with Gasteiger partial charge in [0.1, 0.15) is 13.2 Å². The molecule has 0 aromatic carbocycles. The topological polar surface area (TPSA) is 78.9 Å². The Morgan fingerprint density at radius 1 is 0.302 bits per heavy atom. The second-order valence-electron chi connectivity index (χ2n) is 20.1. The Morgan fingerprint density at radius 3 is 0.778 bits per heavy atom. The Labute approximate surface area is 393 Å². The number of ether oxygens (including phenoxy) is 3. The summed E-state index contributed by atoms with van der Waals surface area (Å²) in [5.74, 6) is -0.00982. The monoisotopic (exact) mass is 891 g/mol. The second-order valence-corrected chi connectivity index (χ2v) is 20.1. The van der Waals surface area contributed by atoms with Gasteiger partial charge in [-0.3, -0.25) is 14.4 Å². The average Bonchev–Trinajstić information content (AvgIpc) is 3.27. The van der Waals surface area contributed by atoms with Crippen molar-refractivity contribution in [2.24, 2.45) is 5.92 Å². The lowest BCUT2D eigenvalue weighted by molar-refractivity contribution is -0.167. The van der Waals surface area contributed by atoms with Crippen molar-refractivity contribution in [1.29, 1.82) is 0 Å². The molecule has 63 heavy (non-hydrogen) atoms. The fourth-order valence-corrected chi connectivity index (χ4v) is 8.75. The van der Waals surface area contributed by atoms with Crippen LogP contribution in [-0.2, 0) is 28.6 Å². The van der Waals surface area contributed by atoms with Crippen molar-refractivity contribution in [2.45, 2.75) is 329 Å². The molecule has 1 atom stereocenters. The van der Waals surface area contributed by atoms with Gasteiger partial charge in [0.05, 0.1) is 0 Å². The molecule has 0 aliphatic rings. The highest BCUT2D eigenvalue weighted by Crippen LogP contribution is 2.18. The van der Waals surface area contributed by atoms with E-state index in [9.17, 15) is 14.4 Å². The highest BCUT2D eigenvalue weighted by molar-refractivity contribution is 5.71. The lowest BCUT2D eigenvalue weighted by Crippen LogP contribution is -2.30. The molecule has 0 heterocycles. The van der Waals surface area contributed by atoms with Gasteiger partial charge in [-0.05, 0) is 25.2 Å². The molecule has 0 aromatic heterocycles. The first kappa shape index (κ1) is 61.4. The van der Waals surface area contributed by atoms with Crippen molar-refractivity contribution < 1.29 is 28.6 Å². The van der Waals surface area contributed by atoms with E-state index in [0.717, 1.165) is 63.7 Å². The van der Waals surface area contributed by atoms with Crippen LogP contribution in [-0.4, -0.2) is 37.2 Å². The highest BCUT2D eigenvalue weighted by Gasteiger charge is 2.19. The molecule has 0 saturated carbocycles. The molecule has 0 saturated heterocycles. The average molecular weight is 892 g/mol. The molecule has 0 unspecified atom stereocenters. The third-order valence-corrected chi connectivity index (χ3v) is 13.0. The van der Waals surface area contributed by atoms with Gasteiger partial charge in [-0.1, -0.05) is 285 Å².